The Morgan fingerprint density at radius 1 is 1.39 bits per heavy atom. The van der Waals surface area contributed by atoms with Crippen LogP contribution in [0.1, 0.15) is 10.6 Å². The number of halogens is 2. The van der Waals surface area contributed by atoms with Crippen LogP contribution in [-0.2, 0) is 11.2 Å². The number of benzene rings is 1. The van der Waals surface area contributed by atoms with E-state index in [4.69, 9.17) is 23.2 Å². The molecule has 18 heavy (non-hydrogen) atoms. The normalized spacial score (nSPS) is 10.4. The molecule has 7 heteroatoms. The van der Waals surface area contributed by atoms with Gasteiger partial charge in [0.15, 0.2) is 0 Å². The standard InChI is InChI=1S/C11H9Cl2N3OS/c1-6-15-16-11(18-6)14-10(17)4-7-2-3-8(12)5-9(7)13/h2-3,5H,4H2,1H3,(H,14,16,17). The lowest BCUT2D eigenvalue weighted by atomic mass is 10.1. The molecule has 1 N–H and O–H groups in total. The largest absolute Gasteiger partial charge is 0.300 e. The molecule has 1 heterocycles. The first-order valence-electron chi connectivity index (χ1n) is 5.08. The van der Waals surface area contributed by atoms with Crippen LogP contribution in [0.15, 0.2) is 18.2 Å². The molecule has 1 aromatic heterocycles. The van der Waals surface area contributed by atoms with E-state index in [2.05, 4.69) is 15.5 Å². The van der Waals surface area contributed by atoms with Gasteiger partial charge in [-0.1, -0.05) is 40.6 Å². The number of carbonyl (C=O) groups is 1. The fraction of sp³-hybridized carbons (Fsp3) is 0.182. The van der Waals surface area contributed by atoms with Crippen LogP contribution in [0.5, 0.6) is 0 Å². The quantitative estimate of drug-likeness (QED) is 0.946. The first-order chi connectivity index (χ1) is 8.54. The molecule has 0 atom stereocenters. The summed E-state index contributed by atoms with van der Waals surface area (Å²) in [5, 5.41) is 12.6. The summed E-state index contributed by atoms with van der Waals surface area (Å²) in [5.74, 6) is -0.185. The number of carbonyl (C=O) groups excluding carboxylic acids is 1. The van der Waals surface area contributed by atoms with Crippen molar-refractivity contribution in [2.45, 2.75) is 13.3 Å². The number of nitrogens with zero attached hydrogens (tertiary/aromatic N) is 2. The summed E-state index contributed by atoms with van der Waals surface area (Å²) in [4.78, 5) is 11.8. The Kier molecular flexibility index (Phi) is 4.16. The third-order valence-electron chi connectivity index (χ3n) is 2.14. The van der Waals surface area contributed by atoms with E-state index < -0.39 is 0 Å². The van der Waals surface area contributed by atoms with E-state index in [1.54, 1.807) is 18.2 Å². The summed E-state index contributed by atoms with van der Waals surface area (Å²) in [7, 11) is 0. The fourth-order valence-corrected chi connectivity index (χ4v) is 2.43. The van der Waals surface area contributed by atoms with E-state index in [0.717, 1.165) is 10.6 Å². The van der Waals surface area contributed by atoms with Gasteiger partial charge in [-0.2, -0.15) is 0 Å². The zero-order valence-electron chi connectivity index (χ0n) is 9.41. The summed E-state index contributed by atoms with van der Waals surface area (Å²) < 4.78 is 0. The number of aryl methyl sites for hydroxylation is 1. The maximum absolute atomic E-state index is 11.8. The predicted octanol–water partition coefficient (Wildman–Crippen LogP) is 3.33. The number of rotatable bonds is 3. The van der Waals surface area contributed by atoms with Gasteiger partial charge >= 0.3 is 0 Å². The molecule has 0 bridgehead atoms. The third-order valence-corrected chi connectivity index (χ3v) is 3.48. The van der Waals surface area contributed by atoms with Gasteiger partial charge in [0, 0.05) is 10.0 Å². The van der Waals surface area contributed by atoms with E-state index >= 15 is 0 Å². The van der Waals surface area contributed by atoms with Crippen LogP contribution in [0.2, 0.25) is 10.0 Å². The molecule has 0 radical (unpaired) electrons. The van der Waals surface area contributed by atoms with Crippen molar-refractivity contribution < 1.29 is 4.79 Å². The van der Waals surface area contributed by atoms with Crippen LogP contribution in [0.3, 0.4) is 0 Å². The second-order valence-corrected chi connectivity index (χ2v) is 5.61. The van der Waals surface area contributed by atoms with Crippen LogP contribution in [-0.4, -0.2) is 16.1 Å². The molecule has 0 fully saturated rings. The second-order valence-electron chi connectivity index (χ2n) is 3.59. The molecule has 2 aromatic rings. The molecule has 0 saturated carbocycles. The van der Waals surface area contributed by atoms with Gasteiger partial charge in [-0.05, 0) is 24.6 Å². The van der Waals surface area contributed by atoms with Crippen LogP contribution >= 0.6 is 34.5 Å². The van der Waals surface area contributed by atoms with Gasteiger partial charge in [-0.3, -0.25) is 4.79 Å². The molecule has 4 nitrogen and oxygen atoms in total. The van der Waals surface area contributed by atoms with Crippen molar-refractivity contribution in [3.63, 3.8) is 0 Å². The lowest BCUT2D eigenvalue weighted by Crippen LogP contribution is -2.14. The number of aromatic nitrogens is 2. The van der Waals surface area contributed by atoms with Gasteiger partial charge in [0.1, 0.15) is 5.01 Å². The fourth-order valence-electron chi connectivity index (χ4n) is 1.35. The molecule has 1 aromatic carbocycles. The van der Waals surface area contributed by atoms with E-state index in [0.29, 0.717) is 15.2 Å². The van der Waals surface area contributed by atoms with Gasteiger partial charge in [0.25, 0.3) is 0 Å². The number of nitrogens with one attached hydrogen (secondary N) is 1. The summed E-state index contributed by atoms with van der Waals surface area (Å²) in [6.45, 7) is 1.82. The lowest BCUT2D eigenvalue weighted by Gasteiger charge is -2.04. The predicted molar refractivity (Wildman–Crippen MR) is 73.4 cm³/mol. The van der Waals surface area contributed by atoms with Crippen molar-refractivity contribution in [3.05, 3.63) is 38.8 Å². The third kappa shape index (κ3) is 3.41. The number of hydrogen-bond donors (Lipinski definition) is 1. The van der Waals surface area contributed by atoms with Crippen molar-refractivity contribution >= 4 is 45.6 Å². The van der Waals surface area contributed by atoms with Crippen molar-refractivity contribution in [2.24, 2.45) is 0 Å². The molecule has 0 aliphatic heterocycles. The highest BCUT2D eigenvalue weighted by Gasteiger charge is 2.10. The minimum absolute atomic E-state index is 0.175. The maximum Gasteiger partial charge on any atom is 0.230 e. The molecule has 0 spiro atoms. The van der Waals surface area contributed by atoms with E-state index in [-0.39, 0.29) is 12.3 Å². The lowest BCUT2D eigenvalue weighted by molar-refractivity contribution is -0.115. The topological polar surface area (TPSA) is 54.9 Å². The Morgan fingerprint density at radius 2 is 2.17 bits per heavy atom. The minimum Gasteiger partial charge on any atom is -0.300 e. The van der Waals surface area contributed by atoms with Crippen LogP contribution in [0.4, 0.5) is 5.13 Å². The molecular formula is C11H9Cl2N3OS. The van der Waals surface area contributed by atoms with Crippen molar-refractivity contribution in [1.29, 1.82) is 0 Å². The summed E-state index contributed by atoms with van der Waals surface area (Å²) >= 11 is 13.1. The Hall–Kier alpha value is -1.17. The number of hydrogen-bond acceptors (Lipinski definition) is 4. The van der Waals surface area contributed by atoms with Crippen LogP contribution in [0, 0.1) is 6.92 Å². The monoisotopic (exact) mass is 301 g/mol. The number of amides is 1. The van der Waals surface area contributed by atoms with E-state index in [9.17, 15) is 4.79 Å². The second kappa shape index (κ2) is 5.65. The molecule has 2 rings (SSSR count). The highest BCUT2D eigenvalue weighted by molar-refractivity contribution is 7.15. The minimum atomic E-state index is -0.185. The Bertz CT molecular complexity index is 585. The Morgan fingerprint density at radius 3 is 2.78 bits per heavy atom. The van der Waals surface area contributed by atoms with E-state index in [1.165, 1.54) is 11.3 Å². The average molecular weight is 302 g/mol. The zero-order chi connectivity index (χ0) is 13.1. The van der Waals surface area contributed by atoms with Gasteiger partial charge in [0.05, 0.1) is 6.42 Å². The highest BCUT2D eigenvalue weighted by atomic mass is 35.5. The molecule has 94 valence electrons. The van der Waals surface area contributed by atoms with Crippen LogP contribution in [0.25, 0.3) is 0 Å². The van der Waals surface area contributed by atoms with Crippen LogP contribution < -0.4 is 5.32 Å². The number of anilines is 1. The SMILES string of the molecule is Cc1nnc(NC(=O)Cc2ccc(Cl)cc2Cl)s1. The Balaban J connectivity index is 2.03. The molecule has 0 aliphatic carbocycles. The average Bonchev–Trinajstić information content (AvgIpc) is 2.68. The molecular weight excluding hydrogens is 293 g/mol. The maximum atomic E-state index is 11.8. The van der Waals surface area contributed by atoms with Gasteiger partial charge in [-0.25, -0.2) is 0 Å². The highest BCUT2D eigenvalue weighted by Crippen LogP contribution is 2.22. The van der Waals surface area contributed by atoms with E-state index in [1.807, 2.05) is 6.92 Å². The Labute approximate surface area is 118 Å². The summed E-state index contributed by atoms with van der Waals surface area (Å²) in [6.07, 6.45) is 0.175. The molecule has 0 saturated heterocycles. The molecule has 0 aliphatic rings. The van der Waals surface area contributed by atoms with Gasteiger partial charge in [-0.15, -0.1) is 10.2 Å². The van der Waals surface area contributed by atoms with Crippen molar-refractivity contribution in [2.75, 3.05) is 5.32 Å². The zero-order valence-corrected chi connectivity index (χ0v) is 11.7. The molecule has 1 amide bonds. The molecule has 0 unspecified atom stereocenters. The summed E-state index contributed by atoms with van der Waals surface area (Å²) in [5.41, 5.74) is 0.722. The first kappa shape index (κ1) is 13.3. The summed E-state index contributed by atoms with van der Waals surface area (Å²) in [6, 6.07) is 5.04. The first-order valence-corrected chi connectivity index (χ1v) is 6.66. The van der Waals surface area contributed by atoms with Crippen molar-refractivity contribution in [3.8, 4) is 0 Å². The van der Waals surface area contributed by atoms with Gasteiger partial charge in [0.2, 0.25) is 11.0 Å². The van der Waals surface area contributed by atoms with Gasteiger partial charge < -0.3 is 5.32 Å². The van der Waals surface area contributed by atoms with Crippen molar-refractivity contribution in [1.82, 2.24) is 10.2 Å². The smallest absolute Gasteiger partial charge is 0.230 e.